The number of morpholine rings is 1. The summed E-state index contributed by atoms with van der Waals surface area (Å²) in [6, 6.07) is -4.53. The molecule has 0 radical (unpaired) electrons. The van der Waals surface area contributed by atoms with Crippen LogP contribution < -0.4 is 0 Å². The Bertz CT molecular complexity index is 212. The summed E-state index contributed by atoms with van der Waals surface area (Å²) in [7, 11) is 0. The summed E-state index contributed by atoms with van der Waals surface area (Å²) < 4.78 is 78.5. The largest absolute Gasteiger partial charge is 0.427 e. The van der Waals surface area contributed by atoms with Gasteiger partial charge >= 0.3 is 12.2 Å². The topological polar surface area (TPSA) is 12.5 Å². The summed E-state index contributed by atoms with van der Waals surface area (Å²) in [5.74, 6) is 0. The Labute approximate surface area is 81.8 Å². The van der Waals surface area contributed by atoms with E-state index in [0.29, 0.717) is 0 Å². The Kier molecular flexibility index (Phi) is 3.49. The van der Waals surface area contributed by atoms with Crippen LogP contribution in [0.1, 0.15) is 0 Å². The van der Waals surface area contributed by atoms with Crippen LogP contribution in [-0.4, -0.2) is 49.6 Å². The third kappa shape index (κ3) is 2.75. The molecule has 0 aliphatic carbocycles. The second-order valence-corrected chi connectivity index (χ2v) is 3.09. The van der Waals surface area contributed by atoms with Crippen molar-refractivity contribution in [2.45, 2.75) is 18.4 Å². The molecule has 0 bridgehead atoms. The first-order chi connectivity index (χ1) is 6.76. The maximum absolute atomic E-state index is 13.0. The van der Waals surface area contributed by atoms with Gasteiger partial charge in [0.1, 0.15) is 0 Å². The van der Waals surface area contributed by atoms with Crippen LogP contribution in [0.5, 0.6) is 0 Å². The molecule has 2 nitrogen and oxygen atoms in total. The first-order valence-corrected chi connectivity index (χ1v) is 4.17. The minimum atomic E-state index is -5.55. The third-order valence-electron chi connectivity index (χ3n) is 2.03. The van der Waals surface area contributed by atoms with Crippen LogP contribution in [0.15, 0.2) is 0 Å². The monoisotopic (exact) mass is 237 g/mol. The standard InChI is InChI=1S/C7H9F6NO/c8-5(6(9,10)11)7(12,13)14-1-3-15-4-2-14/h5H,1-4H2. The fourth-order valence-corrected chi connectivity index (χ4v) is 1.22. The maximum Gasteiger partial charge on any atom is 0.427 e. The number of rotatable bonds is 2. The van der Waals surface area contributed by atoms with Crippen LogP contribution in [0, 0.1) is 0 Å². The van der Waals surface area contributed by atoms with E-state index in [2.05, 4.69) is 4.74 Å². The first kappa shape index (κ1) is 12.6. The molecule has 0 saturated carbocycles. The van der Waals surface area contributed by atoms with Gasteiger partial charge in [0.05, 0.1) is 13.2 Å². The van der Waals surface area contributed by atoms with Crippen LogP contribution in [0.3, 0.4) is 0 Å². The minimum Gasteiger partial charge on any atom is -0.379 e. The highest BCUT2D eigenvalue weighted by molar-refractivity contribution is 4.84. The van der Waals surface area contributed by atoms with Gasteiger partial charge in [0.2, 0.25) is 0 Å². The molecule has 1 saturated heterocycles. The van der Waals surface area contributed by atoms with Crippen LogP contribution in [0.25, 0.3) is 0 Å². The Morgan fingerprint density at radius 2 is 1.47 bits per heavy atom. The van der Waals surface area contributed by atoms with E-state index >= 15 is 0 Å². The lowest BCUT2D eigenvalue weighted by Crippen LogP contribution is -2.57. The predicted molar refractivity (Wildman–Crippen MR) is 38.3 cm³/mol. The summed E-state index contributed by atoms with van der Waals surface area (Å²) in [4.78, 5) is 0.147. The van der Waals surface area contributed by atoms with E-state index in [-0.39, 0.29) is 18.1 Å². The van der Waals surface area contributed by atoms with Crippen LogP contribution in [0.2, 0.25) is 0 Å². The maximum atomic E-state index is 13.0. The Hall–Kier alpha value is -0.500. The molecule has 1 unspecified atom stereocenters. The quantitative estimate of drug-likeness (QED) is 0.536. The Morgan fingerprint density at radius 3 is 1.87 bits per heavy atom. The van der Waals surface area contributed by atoms with Crippen molar-refractivity contribution in [2.75, 3.05) is 26.3 Å². The summed E-state index contributed by atoms with van der Waals surface area (Å²) >= 11 is 0. The normalized spacial score (nSPS) is 22.8. The highest BCUT2D eigenvalue weighted by atomic mass is 19.4. The summed E-state index contributed by atoms with van der Waals surface area (Å²) in [5.41, 5.74) is 0. The molecular formula is C7H9F6NO. The predicted octanol–water partition coefficient (Wildman–Crippen LogP) is 1.81. The average molecular weight is 237 g/mol. The second-order valence-electron chi connectivity index (χ2n) is 3.09. The number of hydrogen-bond donors (Lipinski definition) is 0. The van der Waals surface area contributed by atoms with E-state index in [9.17, 15) is 26.3 Å². The second kappa shape index (κ2) is 4.17. The van der Waals surface area contributed by atoms with E-state index < -0.39 is 31.5 Å². The molecular weight excluding hydrogens is 228 g/mol. The lowest BCUT2D eigenvalue weighted by atomic mass is 10.2. The fraction of sp³-hybridized carbons (Fsp3) is 1.00. The summed E-state index contributed by atoms with van der Waals surface area (Å²) in [6.07, 6.45) is -9.72. The first-order valence-electron chi connectivity index (χ1n) is 4.17. The van der Waals surface area contributed by atoms with Gasteiger partial charge in [-0.25, -0.2) is 9.29 Å². The molecule has 8 heteroatoms. The molecule has 1 fully saturated rings. The molecule has 1 aliphatic rings. The van der Waals surface area contributed by atoms with Crippen molar-refractivity contribution in [3.63, 3.8) is 0 Å². The van der Waals surface area contributed by atoms with Crippen molar-refractivity contribution in [1.82, 2.24) is 4.90 Å². The van der Waals surface area contributed by atoms with Gasteiger partial charge < -0.3 is 4.74 Å². The Morgan fingerprint density at radius 1 is 1.00 bits per heavy atom. The van der Waals surface area contributed by atoms with Crippen LogP contribution in [-0.2, 0) is 4.74 Å². The molecule has 1 heterocycles. The van der Waals surface area contributed by atoms with Gasteiger partial charge in [-0.1, -0.05) is 0 Å². The molecule has 0 N–H and O–H groups in total. The van der Waals surface area contributed by atoms with Gasteiger partial charge in [-0.2, -0.15) is 22.0 Å². The molecule has 0 spiro atoms. The molecule has 0 aromatic carbocycles. The van der Waals surface area contributed by atoms with Gasteiger partial charge in [-0.05, 0) is 0 Å². The lowest BCUT2D eigenvalue weighted by molar-refractivity contribution is -0.294. The fourth-order valence-electron chi connectivity index (χ4n) is 1.22. The minimum absolute atomic E-state index is 0.125. The van der Waals surface area contributed by atoms with E-state index in [4.69, 9.17) is 0 Å². The zero-order valence-electron chi connectivity index (χ0n) is 7.53. The number of halogens is 6. The van der Waals surface area contributed by atoms with E-state index in [0.717, 1.165) is 0 Å². The van der Waals surface area contributed by atoms with Crippen molar-refractivity contribution in [1.29, 1.82) is 0 Å². The number of ether oxygens (including phenoxy) is 1. The average Bonchev–Trinajstić information content (AvgIpc) is 2.16. The summed E-state index contributed by atoms with van der Waals surface area (Å²) in [6.45, 7) is -1.08. The highest BCUT2D eigenvalue weighted by Crippen LogP contribution is 2.37. The van der Waals surface area contributed by atoms with Crippen molar-refractivity contribution >= 4 is 0 Å². The van der Waals surface area contributed by atoms with Gasteiger partial charge in [0.25, 0.3) is 6.17 Å². The molecule has 0 aromatic heterocycles. The lowest BCUT2D eigenvalue weighted by Gasteiger charge is -2.35. The van der Waals surface area contributed by atoms with E-state index in [1.807, 2.05) is 0 Å². The molecule has 1 rings (SSSR count). The van der Waals surface area contributed by atoms with E-state index in [1.165, 1.54) is 0 Å². The Balaban J connectivity index is 2.71. The van der Waals surface area contributed by atoms with Crippen molar-refractivity contribution in [3.8, 4) is 0 Å². The molecule has 1 atom stereocenters. The zero-order valence-corrected chi connectivity index (χ0v) is 7.53. The van der Waals surface area contributed by atoms with Crippen molar-refractivity contribution in [3.05, 3.63) is 0 Å². The number of nitrogens with zero attached hydrogens (tertiary/aromatic N) is 1. The van der Waals surface area contributed by atoms with Gasteiger partial charge in [0.15, 0.2) is 0 Å². The van der Waals surface area contributed by atoms with Crippen LogP contribution in [0.4, 0.5) is 26.3 Å². The highest BCUT2D eigenvalue weighted by Gasteiger charge is 2.59. The number of alkyl halides is 6. The SMILES string of the molecule is FC(C(F)(F)F)C(F)(F)N1CCOCC1. The molecule has 90 valence electrons. The third-order valence-corrected chi connectivity index (χ3v) is 2.03. The van der Waals surface area contributed by atoms with Crippen molar-refractivity contribution in [2.24, 2.45) is 0 Å². The van der Waals surface area contributed by atoms with Gasteiger partial charge in [-0.3, -0.25) is 0 Å². The smallest absolute Gasteiger partial charge is 0.379 e. The number of hydrogen-bond acceptors (Lipinski definition) is 2. The zero-order chi connectivity index (χ0) is 11.7. The molecule has 15 heavy (non-hydrogen) atoms. The van der Waals surface area contributed by atoms with Gasteiger partial charge in [-0.15, -0.1) is 0 Å². The summed E-state index contributed by atoms with van der Waals surface area (Å²) in [5, 5.41) is 0. The van der Waals surface area contributed by atoms with Crippen LogP contribution >= 0.6 is 0 Å². The molecule has 0 aromatic rings. The van der Waals surface area contributed by atoms with E-state index in [1.54, 1.807) is 0 Å². The van der Waals surface area contributed by atoms with Crippen molar-refractivity contribution < 1.29 is 31.1 Å². The molecule has 0 amide bonds. The van der Waals surface area contributed by atoms with Gasteiger partial charge in [0, 0.05) is 13.1 Å². The molecule has 1 aliphatic heterocycles.